The molecule has 0 aliphatic carbocycles. The first-order valence-corrected chi connectivity index (χ1v) is 3.76. The van der Waals surface area contributed by atoms with Gasteiger partial charge in [-0.05, 0) is 6.42 Å². The van der Waals surface area contributed by atoms with Crippen molar-refractivity contribution in [3.8, 4) is 0 Å². The van der Waals surface area contributed by atoms with Crippen molar-refractivity contribution in [2.24, 2.45) is 0 Å². The van der Waals surface area contributed by atoms with Gasteiger partial charge in [0.25, 0.3) is 6.16 Å². The molecule has 0 bridgehead atoms. The summed E-state index contributed by atoms with van der Waals surface area (Å²) in [6, 6.07) is 0. The minimum Gasteiger partial charge on any atom is -0.484 e. The van der Waals surface area contributed by atoms with Gasteiger partial charge in [-0.3, -0.25) is 4.79 Å². The number of rotatable bonds is 3. The normalized spacial score (nSPS) is 8.09. The van der Waals surface area contributed by atoms with Crippen molar-refractivity contribution in [1.29, 1.82) is 0 Å². The fraction of sp³-hybridized carbons (Fsp3) is 0.600. The van der Waals surface area contributed by atoms with E-state index in [2.05, 4.69) is 20.7 Å². The van der Waals surface area contributed by atoms with Crippen molar-refractivity contribution >= 4 is 28.1 Å². The third-order valence-corrected chi connectivity index (χ3v) is 1.27. The SMILES string of the molecule is O=C([O-])OC(=O)CCCBr.[K+]. The van der Waals surface area contributed by atoms with Crippen LogP contribution in [0.3, 0.4) is 0 Å². The average molecular weight is 249 g/mol. The standard InChI is InChI=1S/C5H7BrO4.K/c6-3-1-2-4(7)10-5(8)9;/h1-3H2,(H,8,9);/q;+1/p-1. The Hall–Kier alpha value is 1.06. The summed E-state index contributed by atoms with van der Waals surface area (Å²) in [7, 11) is 0. The van der Waals surface area contributed by atoms with Crippen molar-refractivity contribution in [1.82, 2.24) is 0 Å². The topological polar surface area (TPSA) is 66.4 Å². The van der Waals surface area contributed by atoms with Gasteiger partial charge in [-0.2, -0.15) is 0 Å². The third-order valence-electron chi connectivity index (χ3n) is 0.712. The molecule has 11 heavy (non-hydrogen) atoms. The van der Waals surface area contributed by atoms with Gasteiger partial charge in [0.2, 0.25) is 5.97 Å². The van der Waals surface area contributed by atoms with Gasteiger partial charge in [0.05, 0.1) is 0 Å². The van der Waals surface area contributed by atoms with E-state index in [1.165, 1.54) is 0 Å². The molecule has 0 rings (SSSR count). The van der Waals surface area contributed by atoms with E-state index >= 15 is 0 Å². The molecule has 0 aliphatic heterocycles. The minimum absolute atomic E-state index is 0. The Morgan fingerprint density at radius 3 is 2.36 bits per heavy atom. The maximum absolute atomic E-state index is 10.3. The smallest absolute Gasteiger partial charge is 0.484 e. The van der Waals surface area contributed by atoms with Crippen LogP contribution in [0.2, 0.25) is 0 Å². The van der Waals surface area contributed by atoms with Crippen molar-refractivity contribution in [2.45, 2.75) is 12.8 Å². The number of halogens is 1. The quantitative estimate of drug-likeness (QED) is 0.232. The molecular weight excluding hydrogens is 243 g/mol. The van der Waals surface area contributed by atoms with Crippen LogP contribution in [-0.4, -0.2) is 17.5 Å². The van der Waals surface area contributed by atoms with Crippen molar-refractivity contribution in [2.75, 3.05) is 5.33 Å². The molecule has 0 N–H and O–H groups in total. The predicted octanol–water partition coefficient (Wildman–Crippen LogP) is -2.95. The molecule has 0 spiro atoms. The zero-order valence-corrected chi connectivity index (χ0v) is 10.8. The van der Waals surface area contributed by atoms with Gasteiger partial charge in [0.15, 0.2) is 0 Å². The number of alkyl halides is 1. The molecule has 0 saturated carbocycles. The van der Waals surface area contributed by atoms with Crippen LogP contribution in [0.15, 0.2) is 0 Å². The molecule has 0 aromatic rings. The van der Waals surface area contributed by atoms with Crippen LogP contribution >= 0.6 is 15.9 Å². The zero-order chi connectivity index (χ0) is 7.98. The number of hydrogen-bond acceptors (Lipinski definition) is 4. The second-order valence-electron chi connectivity index (χ2n) is 1.52. The molecule has 0 aliphatic rings. The molecular formula is C5H6BrKO4. The summed E-state index contributed by atoms with van der Waals surface area (Å²) in [5, 5.41) is 10.3. The second kappa shape index (κ2) is 9.15. The molecule has 0 heterocycles. The number of hydrogen-bond donors (Lipinski definition) is 0. The first kappa shape index (κ1) is 14.6. The Balaban J connectivity index is 0. The molecule has 0 saturated heterocycles. The summed E-state index contributed by atoms with van der Waals surface area (Å²) < 4.78 is 3.70. The molecule has 58 valence electrons. The van der Waals surface area contributed by atoms with Crippen LogP contribution in [0.1, 0.15) is 12.8 Å². The van der Waals surface area contributed by atoms with E-state index in [0.717, 1.165) is 0 Å². The van der Waals surface area contributed by atoms with Gasteiger partial charge in [-0.1, -0.05) is 15.9 Å². The Morgan fingerprint density at radius 2 is 2.00 bits per heavy atom. The van der Waals surface area contributed by atoms with E-state index in [1.807, 2.05) is 0 Å². The molecule has 0 aromatic heterocycles. The maximum Gasteiger partial charge on any atom is 1.00 e. The van der Waals surface area contributed by atoms with Crippen LogP contribution < -0.4 is 56.5 Å². The molecule has 0 radical (unpaired) electrons. The monoisotopic (exact) mass is 248 g/mol. The van der Waals surface area contributed by atoms with Crippen molar-refractivity contribution in [3.05, 3.63) is 0 Å². The number of carboxylic acid groups (broad SMARTS) is 1. The van der Waals surface area contributed by atoms with Crippen LogP contribution in [0.5, 0.6) is 0 Å². The molecule has 0 fully saturated rings. The first-order chi connectivity index (χ1) is 4.66. The minimum atomic E-state index is -1.79. The third kappa shape index (κ3) is 11.1. The molecule has 4 nitrogen and oxygen atoms in total. The maximum atomic E-state index is 10.3. The van der Waals surface area contributed by atoms with Gasteiger partial charge >= 0.3 is 51.4 Å². The van der Waals surface area contributed by atoms with Crippen LogP contribution in [-0.2, 0) is 9.53 Å². The Morgan fingerprint density at radius 1 is 1.45 bits per heavy atom. The van der Waals surface area contributed by atoms with Gasteiger partial charge in [0, 0.05) is 11.8 Å². The fourth-order valence-electron chi connectivity index (χ4n) is 0.355. The van der Waals surface area contributed by atoms with Crippen molar-refractivity contribution in [3.63, 3.8) is 0 Å². The van der Waals surface area contributed by atoms with Crippen molar-refractivity contribution < 1.29 is 70.8 Å². The van der Waals surface area contributed by atoms with Gasteiger partial charge in [0.1, 0.15) is 0 Å². The largest absolute Gasteiger partial charge is 1.00 e. The van der Waals surface area contributed by atoms with Crippen LogP contribution in [0.4, 0.5) is 4.79 Å². The molecule has 0 amide bonds. The number of carbonyl (C=O) groups excluding carboxylic acids is 2. The van der Waals surface area contributed by atoms with E-state index in [1.54, 1.807) is 0 Å². The Bertz CT molecular complexity index is 138. The van der Waals surface area contributed by atoms with E-state index in [9.17, 15) is 14.7 Å². The van der Waals surface area contributed by atoms with E-state index < -0.39 is 12.1 Å². The first-order valence-electron chi connectivity index (χ1n) is 2.64. The van der Waals surface area contributed by atoms with E-state index in [-0.39, 0.29) is 57.8 Å². The average Bonchev–Trinajstić information content (AvgIpc) is 1.82. The number of ether oxygens (including phenoxy) is 1. The summed E-state index contributed by atoms with van der Waals surface area (Å²) >= 11 is 3.07. The molecule has 6 heteroatoms. The predicted molar refractivity (Wildman–Crippen MR) is 34.5 cm³/mol. The fourth-order valence-corrected chi connectivity index (χ4v) is 0.635. The summed E-state index contributed by atoms with van der Waals surface area (Å²) in [4.78, 5) is 20.0. The Labute approximate surface area is 115 Å². The summed E-state index contributed by atoms with van der Waals surface area (Å²) in [6.07, 6.45) is -1.13. The number of esters is 1. The summed E-state index contributed by atoms with van der Waals surface area (Å²) in [5.74, 6) is -0.764. The molecule has 0 atom stereocenters. The summed E-state index contributed by atoms with van der Waals surface area (Å²) in [6.45, 7) is 0. The molecule has 0 unspecified atom stereocenters. The van der Waals surface area contributed by atoms with Crippen LogP contribution in [0.25, 0.3) is 0 Å². The Kier molecular flexibility index (Phi) is 12.1. The number of carbonyl (C=O) groups is 2. The summed E-state index contributed by atoms with van der Waals surface area (Å²) in [5.41, 5.74) is 0. The van der Waals surface area contributed by atoms with Gasteiger partial charge in [-0.25, -0.2) is 0 Å². The second-order valence-corrected chi connectivity index (χ2v) is 2.31. The van der Waals surface area contributed by atoms with Gasteiger partial charge in [-0.15, -0.1) is 0 Å². The van der Waals surface area contributed by atoms with Gasteiger partial charge < -0.3 is 14.6 Å². The zero-order valence-electron chi connectivity index (χ0n) is 6.13. The molecule has 0 aromatic carbocycles. The van der Waals surface area contributed by atoms with E-state index in [4.69, 9.17) is 0 Å². The van der Waals surface area contributed by atoms with E-state index in [0.29, 0.717) is 11.8 Å². The van der Waals surface area contributed by atoms with Crippen LogP contribution in [0, 0.1) is 0 Å².